The SMILES string of the molecule is C=CCSSC[C@H](N)C(=O)OC(C)(C)C. The van der Waals surface area contributed by atoms with Crippen LogP contribution < -0.4 is 5.73 Å². The summed E-state index contributed by atoms with van der Waals surface area (Å²) >= 11 is 0. The number of carbonyl (C=O) groups is 1. The van der Waals surface area contributed by atoms with Gasteiger partial charge in [0.1, 0.15) is 11.6 Å². The van der Waals surface area contributed by atoms with E-state index in [2.05, 4.69) is 6.58 Å². The number of hydrogen-bond acceptors (Lipinski definition) is 5. The highest BCUT2D eigenvalue weighted by atomic mass is 33.1. The minimum Gasteiger partial charge on any atom is -0.459 e. The molecule has 0 aliphatic rings. The summed E-state index contributed by atoms with van der Waals surface area (Å²) in [5, 5.41) is 0. The van der Waals surface area contributed by atoms with Gasteiger partial charge in [-0.15, -0.1) is 6.58 Å². The number of esters is 1. The lowest BCUT2D eigenvalue weighted by molar-refractivity contribution is -0.155. The zero-order valence-electron chi connectivity index (χ0n) is 9.49. The Morgan fingerprint density at radius 1 is 1.53 bits per heavy atom. The molecule has 0 aliphatic carbocycles. The van der Waals surface area contributed by atoms with E-state index in [0.717, 1.165) is 5.75 Å². The highest BCUT2D eigenvalue weighted by molar-refractivity contribution is 8.76. The first-order valence-corrected chi connectivity index (χ1v) is 7.19. The van der Waals surface area contributed by atoms with Crippen molar-refractivity contribution in [2.45, 2.75) is 32.4 Å². The average Bonchev–Trinajstić information content (AvgIpc) is 2.09. The summed E-state index contributed by atoms with van der Waals surface area (Å²) in [6, 6.07) is -0.549. The van der Waals surface area contributed by atoms with Crippen molar-refractivity contribution < 1.29 is 9.53 Å². The van der Waals surface area contributed by atoms with Crippen molar-refractivity contribution in [1.82, 2.24) is 0 Å². The summed E-state index contributed by atoms with van der Waals surface area (Å²) in [7, 11) is 3.19. The van der Waals surface area contributed by atoms with Crippen LogP contribution in [0.3, 0.4) is 0 Å². The summed E-state index contributed by atoms with van der Waals surface area (Å²) in [6.45, 7) is 9.10. The predicted octanol–water partition coefficient (Wildman–Crippen LogP) is 2.22. The number of hydrogen-bond donors (Lipinski definition) is 1. The van der Waals surface area contributed by atoms with E-state index in [0.29, 0.717) is 5.75 Å². The molecule has 88 valence electrons. The number of ether oxygens (including phenoxy) is 1. The van der Waals surface area contributed by atoms with Gasteiger partial charge in [-0.3, -0.25) is 4.79 Å². The molecule has 0 amide bonds. The molecule has 0 bridgehead atoms. The minimum absolute atomic E-state index is 0.339. The molecule has 0 aromatic carbocycles. The van der Waals surface area contributed by atoms with E-state index in [1.54, 1.807) is 21.6 Å². The van der Waals surface area contributed by atoms with Gasteiger partial charge >= 0.3 is 5.97 Å². The molecular formula is C10H19NO2S2. The van der Waals surface area contributed by atoms with Crippen LogP contribution in [-0.2, 0) is 9.53 Å². The standard InChI is InChI=1S/C10H19NO2S2/c1-5-6-14-15-7-8(11)9(12)13-10(2,3)4/h5,8H,1,6-7,11H2,2-4H3/t8-/m0/s1. The third kappa shape index (κ3) is 8.84. The zero-order chi connectivity index (χ0) is 11.9. The van der Waals surface area contributed by atoms with Gasteiger partial charge in [0.2, 0.25) is 0 Å². The Morgan fingerprint density at radius 3 is 2.60 bits per heavy atom. The Morgan fingerprint density at radius 2 is 2.13 bits per heavy atom. The maximum Gasteiger partial charge on any atom is 0.324 e. The van der Waals surface area contributed by atoms with E-state index in [1.165, 1.54) is 0 Å². The Kier molecular flexibility index (Phi) is 7.13. The minimum atomic E-state index is -0.549. The molecule has 1 atom stereocenters. The van der Waals surface area contributed by atoms with Gasteiger partial charge in [0.05, 0.1) is 0 Å². The van der Waals surface area contributed by atoms with Crippen LogP contribution in [-0.4, -0.2) is 29.1 Å². The van der Waals surface area contributed by atoms with Gasteiger partial charge in [-0.1, -0.05) is 27.7 Å². The molecule has 0 aromatic rings. The molecule has 0 aromatic heterocycles. The Bertz CT molecular complexity index is 214. The quantitative estimate of drug-likeness (QED) is 0.338. The van der Waals surface area contributed by atoms with Crippen molar-refractivity contribution in [1.29, 1.82) is 0 Å². The van der Waals surface area contributed by atoms with Crippen LogP contribution in [0.1, 0.15) is 20.8 Å². The first kappa shape index (κ1) is 14.9. The highest BCUT2D eigenvalue weighted by Gasteiger charge is 2.21. The van der Waals surface area contributed by atoms with Gasteiger partial charge in [-0.25, -0.2) is 0 Å². The molecule has 0 saturated carbocycles. The molecule has 5 heteroatoms. The van der Waals surface area contributed by atoms with E-state index in [9.17, 15) is 4.79 Å². The first-order chi connectivity index (χ1) is 6.87. The van der Waals surface area contributed by atoms with E-state index >= 15 is 0 Å². The van der Waals surface area contributed by atoms with Crippen LogP contribution in [0.25, 0.3) is 0 Å². The summed E-state index contributed by atoms with van der Waals surface area (Å²) < 4.78 is 5.15. The lowest BCUT2D eigenvalue weighted by Crippen LogP contribution is -2.38. The summed E-state index contributed by atoms with van der Waals surface area (Å²) in [4.78, 5) is 11.4. The molecule has 0 saturated heterocycles. The smallest absolute Gasteiger partial charge is 0.324 e. The predicted molar refractivity (Wildman–Crippen MR) is 68.9 cm³/mol. The van der Waals surface area contributed by atoms with Gasteiger partial charge in [-0.2, -0.15) is 0 Å². The first-order valence-electron chi connectivity index (χ1n) is 4.70. The third-order valence-corrected chi connectivity index (χ3v) is 3.58. The number of rotatable bonds is 6. The fraction of sp³-hybridized carbons (Fsp3) is 0.700. The van der Waals surface area contributed by atoms with Crippen LogP contribution in [0.5, 0.6) is 0 Å². The van der Waals surface area contributed by atoms with E-state index in [-0.39, 0.29) is 5.97 Å². The zero-order valence-corrected chi connectivity index (χ0v) is 11.1. The molecule has 3 nitrogen and oxygen atoms in total. The Labute approximate surface area is 99.6 Å². The Balaban J connectivity index is 3.74. The van der Waals surface area contributed by atoms with Gasteiger partial charge in [0, 0.05) is 11.5 Å². The van der Waals surface area contributed by atoms with Crippen molar-refractivity contribution in [2.24, 2.45) is 5.73 Å². The average molecular weight is 249 g/mol. The van der Waals surface area contributed by atoms with Crippen LogP contribution >= 0.6 is 21.6 Å². The van der Waals surface area contributed by atoms with Gasteiger partial charge < -0.3 is 10.5 Å². The normalized spacial score (nSPS) is 13.3. The van der Waals surface area contributed by atoms with Crippen molar-refractivity contribution in [2.75, 3.05) is 11.5 Å². The van der Waals surface area contributed by atoms with Crippen molar-refractivity contribution in [3.8, 4) is 0 Å². The van der Waals surface area contributed by atoms with Crippen LogP contribution in [0.4, 0.5) is 0 Å². The molecule has 15 heavy (non-hydrogen) atoms. The molecule has 0 spiro atoms. The number of carbonyl (C=O) groups excluding carboxylic acids is 1. The second-order valence-electron chi connectivity index (χ2n) is 4.00. The maximum absolute atomic E-state index is 11.4. The van der Waals surface area contributed by atoms with Crippen molar-refractivity contribution in [3.05, 3.63) is 12.7 Å². The summed E-state index contributed by atoms with van der Waals surface area (Å²) in [5.74, 6) is 1.08. The van der Waals surface area contributed by atoms with Crippen molar-refractivity contribution >= 4 is 27.6 Å². The monoisotopic (exact) mass is 249 g/mol. The van der Waals surface area contributed by atoms with Crippen LogP contribution in [0.15, 0.2) is 12.7 Å². The number of nitrogens with two attached hydrogens (primary N) is 1. The van der Waals surface area contributed by atoms with Crippen LogP contribution in [0.2, 0.25) is 0 Å². The van der Waals surface area contributed by atoms with Gasteiger partial charge in [-0.05, 0) is 20.8 Å². The maximum atomic E-state index is 11.4. The third-order valence-electron chi connectivity index (χ3n) is 1.23. The van der Waals surface area contributed by atoms with E-state index < -0.39 is 11.6 Å². The second kappa shape index (κ2) is 7.19. The van der Waals surface area contributed by atoms with Gasteiger partial charge in [0.15, 0.2) is 0 Å². The summed E-state index contributed by atoms with van der Waals surface area (Å²) in [6.07, 6.45) is 1.82. The Hall–Kier alpha value is -0.130. The molecule has 0 unspecified atom stereocenters. The molecule has 0 radical (unpaired) electrons. The molecule has 0 rings (SSSR count). The largest absolute Gasteiger partial charge is 0.459 e. The molecular weight excluding hydrogens is 230 g/mol. The molecule has 0 heterocycles. The van der Waals surface area contributed by atoms with Gasteiger partial charge in [0.25, 0.3) is 0 Å². The lowest BCUT2D eigenvalue weighted by Gasteiger charge is -2.21. The van der Waals surface area contributed by atoms with E-state index in [1.807, 2.05) is 26.8 Å². The second-order valence-corrected chi connectivity index (χ2v) is 6.55. The topological polar surface area (TPSA) is 52.3 Å². The fourth-order valence-corrected chi connectivity index (χ4v) is 2.54. The van der Waals surface area contributed by atoms with Crippen LogP contribution in [0, 0.1) is 0 Å². The molecule has 0 fully saturated rings. The summed E-state index contributed by atoms with van der Waals surface area (Å²) in [5.41, 5.74) is 5.21. The highest BCUT2D eigenvalue weighted by Crippen LogP contribution is 2.22. The fourth-order valence-electron chi connectivity index (χ4n) is 0.663. The molecule has 0 aliphatic heterocycles. The van der Waals surface area contributed by atoms with E-state index in [4.69, 9.17) is 10.5 Å². The lowest BCUT2D eigenvalue weighted by atomic mass is 10.2. The van der Waals surface area contributed by atoms with Crippen molar-refractivity contribution in [3.63, 3.8) is 0 Å². The molecule has 2 N–H and O–H groups in total.